The Hall–Kier alpha value is -2.55. The van der Waals surface area contributed by atoms with Gasteiger partial charge >= 0.3 is 5.97 Å². The van der Waals surface area contributed by atoms with E-state index in [0.717, 1.165) is 22.1 Å². The van der Waals surface area contributed by atoms with Crippen LogP contribution in [-0.2, 0) is 16.1 Å². The molecule has 0 atom stereocenters. The van der Waals surface area contributed by atoms with Crippen LogP contribution >= 0.6 is 0 Å². The fraction of sp³-hybridized carbons (Fsp3) is 0.167. The first-order valence-corrected chi connectivity index (χ1v) is 6.75. The Morgan fingerprint density at radius 3 is 2.62 bits per heavy atom. The number of carbonyl (C=O) groups is 1. The van der Waals surface area contributed by atoms with Crippen molar-refractivity contribution < 1.29 is 14.3 Å². The van der Waals surface area contributed by atoms with Gasteiger partial charge in [-0.1, -0.05) is 36.4 Å². The summed E-state index contributed by atoms with van der Waals surface area (Å²) in [5.74, 6) is 0.485. The van der Waals surface area contributed by atoms with Crippen LogP contribution in [0.5, 0.6) is 5.75 Å². The first kappa shape index (κ1) is 14.9. The molecule has 2 aromatic carbocycles. The zero-order valence-corrected chi connectivity index (χ0v) is 12.2. The molecular formula is C18H18O3. The zero-order chi connectivity index (χ0) is 15.1. The van der Waals surface area contributed by atoms with Gasteiger partial charge < -0.3 is 9.47 Å². The minimum atomic E-state index is -0.345. The van der Waals surface area contributed by atoms with Gasteiger partial charge in [0, 0.05) is 6.08 Å². The molecule has 0 heterocycles. The molecule has 0 unspecified atom stereocenters. The average molecular weight is 282 g/mol. The van der Waals surface area contributed by atoms with Crippen molar-refractivity contribution in [3.8, 4) is 5.75 Å². The molecule has 0 bridgehead atoms. The summed E-state index contributed by atoms with van der Waals surface area (Å²) in [6, 6.07) is 11.8. The molecule has 0 saturated carbocycles. The molecule has 0 aromatic heterocycles. The Bertz CT molecular complexity index is 684. The Morgan fingerprint density at radius 2 is 1.86 bits per heavy atom. The minimum Gasteiger partial charge on any atom is -0.497 e. The molecule has 0 aliphatic heterocycles. The van der Waals surface area contributed by atoms with Crippen LogP contribution in [0.15, 0.2) is 60.7 Å². The third kappa shape index (κ3) is 4.21. The predicted molar refractivity (Wildman–Crippen MR) is 84.3 cm³/mol. The molecule has 0 amide bonds. The van der Waals surface area contributed by atoms with Crippen molar-refractivity contribution in [1.82, 2.24) is 0 Å². The number of allylic oxidation sites excluding steroid dienone is 3. The number of hydrogen-bond donors (Lipinski definition) is 0. The molecule has 0 N–H and O–H groups in total. The first-order chi connectivity index (χ1) is 10.2. The topological polar surface area (TPSA) is 35.5 Å². The molecule has 108 valence electrons. The summed E-state index contributed by atoms with van der Waals surface area (Å²) in [6.45, 7) is 2.15. The van der Waals surface area contributed by atoms with Gasteiger partial charge in [-0.2, -0.15) is 0 Å². The van der Waals surface area contributed by atoms with Gasteiger partial charge in [0.05, 0.1) is 7.11 Å². The molecule has 0 fully saturated rings. The standard InChI is InChI=1S/C18H18O3/c1-3-4-5-6-18(19)21-13-14-7-8-16-12-17(20-2)10-9-15(16)11-14/h3-12H,13H2,1-2H3/b4-3+,6-5+. The van der Waals surface area contributed by atoms with E-state index in [1.165, 1.54) is 6.08 Å². The molecule has 0 aliphatic rings. The van der Waals surface area contributed by atoms with Gasteiger partial charge in [0.1, 0.15) is 12.4 Å². The Balaban J connectivity index is 2.04. The lowest BCUT2D eigenvalue weighted by atomic mass is 10.1. The van der Waals surface area contributed by atoms with Crippen molar-refractivity contribution in [3.05, 3.63) is 66.3 Å². The Kier molecular flexibility index (Phi) is 5.16. The van der Waals surface area contributed by atoms with Crippen LogP contribution < -0.4 is 4.74 Å². The van der Waals surface area contributed by atoms with Gasteiger partial charge in [-0.05, 0) is 41.5 Å². The zero-order valence-electron chi connectivity index (χ0n) is 12.2. The lowest BCUT2D eigenvalue weighted by molar-refractivity contribution is -0.139. The van der Waals surface area contributed by atoms with Crippen molar-refractivity contribution in [1.29, 1.82) is 0 Å². The van der Waals surface area contributed by atoms with E-state index in [4.69, 9.17) is 9.47 Å². The maximum atomic E-state index is 11.5. The molecule has 21 heavy (non-hydrogen) atoms. The maximum absolute atomic E-state index is 11.5. The van der Waals surface area contributed by atoms with E-state index in [2.05, 4.69) is 0 Å². The molecule has 0 saturated heterocycles. The second-order valence-electron chi connectivity index (χ2n) is 4.54. The number of benzene rings is 2. The monoisotopic (exact) mass is 282 g/mol. The number of hydrogen-bond acceptors (Lipinski definition) is 3. The van der Waals surface area contributed by atoms with Crippen molar-refractivity contribution in [3.63, 3.8) is 0 Å². The van der Waals surface area contributed by atoms with Gasteiger partial charge in [0.2, 0.25) is 0 Å². The molecular weight excluding hydrogens is 264 g/mol. The highest BCUT2D eigenvalue weighted by Gasteiger charge is 2.01. The summed E-state index contributed by atoms with van der Waals surface area (Å²) in [5.41, 5.74) is 0.959. The van der Waals surface area contributed by atoms with E-state index in [0.29, 0.717) is 0 Å². The number of ether oxygens (including phenoxy) is 2. The van der Waals surface area contributed by atoms with Crippen molar-refractivity contribution in [2.24, 2.45) is 0 Å². The summed E-state index contributed by atoms with van der Waals surface area (Å²) in [4.78, 5) is 11.5. The maximum Gasteiger partial charge on any atom is 0.331 e. The first-order valence-electron chi connectivity index (χ1n) is 6.75. The van der Waals surface area contributed by atoms with Crippen LogP contribution in [-0.4, -0.2) is 13.1 Å². The van der Waals surface area contributed by atoms with Crippen molar-refractivity contribution in [2.75, 3.05) is 7.11 Å². The summed E-state index contributed by atoms with van der Waals surface area (Å²) in [5, 5.41) is 2.19. The van der Waals surface area contributed by atoms with E-state index in [1.807, 2.05) is 49.4 Å². The quantitative estimate of drug-likeness (QED) is 0.472. The summed E-state index contributed by atoms with van der Waals surface area (Å²) in [7, 11) is 1.65. The van der Waals surface area contributed by atoms with Gasteiger partial charge in [-0.25, -0.2) is 4.79 Å². The second kappa shape index (κ2) is 7.29. The lowest BCUT2D eigenvalue weighted by Gasteiger charge is -2.06. The number of carbonyl (C=O) groups excluding carboxylic acids is 1. The molecule has 0 aliphatic carbocycles. The highest BCUT2D eigenvalue weighted by atomic mass is 16.5. The Labute approximate surface area is 124 Å². The SMILES string of the molecule is C/C=C/C=C/C(=O)OCc1ccc2cc(OC)ccc2c1. The van der Waals surface area contributed by atoms with Gasteiger partial charge in [-0.3, -0.25) is 0 Å². The number of fused-ring (bicyclic) bond motifs is 1. The van der Waals surface area contributed by atoms with E-state index in [-0.39, 0.29) is 12.6 Å². The van der Waals surface area contributed by atoms with Gasteiger partial charge in [0.15, 0.2) is 0 Å². The third-order valence-electron chi connectivity index (χ3n) is 3.03. The van der Waals surface area contributed by atoms with Crippen molar-refractivity contribution >= 4 is 16.7 Å². The van der Waals surface area contributed by atoms with Crippen LogP contribution in [0.1, 0.15) is 12.5 Å². The van der Waals surface area contributed by atoms with Crippen molar-refractivity contribution in [2.45, 2.75) is 13.5 Å². The normalized spacial score (nSPS) is 11.3. The Morgan fingerprint density at radius 1 is 1.10 bits per heavy atom. The van der Waals surface area contributed by atoms with Crippen LogP contribution in [0.3, 0.4) is 0 Å². The molecule has 0 spiro atoms. The average Bonchev–Trinajstić information content (AvgIpc) is 2.52. The van der Waals surface area contributed by atoms with E-state index < -0.39 is 0 Å². The van der Waals surface area contributed by atoms with E-state index >= 15 is 0 Å². The molecule has 3 nitrogen and oxygen atoms in total. The van der Waals surface area contributed by atoms with Gasteiger partial charge in [-0.15, -0.1) is 0 Å². The predicted octanol–water partition coefficient (Wildman–Crippen LogP) is 4.02. The molecule has 3 heteroatoms. The largest absolute Gasteiger partial charge is 0.497 e. The highest BCUT2D eigenvalue weighted by molar-refractivity contribution is 5.85. The van der Waals surface area contributed by atoms with Crippen LogP contribution in [0, 0.1) is 0 Å². The van der Waals surface area contributed by atoms with Crippen LogP contribution in [0.4, 0.5) is 0 Å². The summed E-state index contributed by atoms with van der Waals surface area (Å²) in [6.07, 6.45) is 6.70. The lowest BCUT2D eigenvalue weighted by Crippen LogP contribution is -2.00. The van der Waals surface area contributed by atoms with E-state index in [9.17, 15) is 4.79 Å². The number of esters is 1. The fourth-order valence-electron chi connectivity index (χ4n) is 1.94. The minimum absolute atomic E-state index is 0.265. The number of rotatable bonds is 5. The van der Waals surface area contributed by atoms with Crippen LogP contribution in [0.2, 0.25) is 0 Å². The van der Waals surface area contributed by atoms with Crippen LogP contribution in [0.25, 0.3) is 10.8 Å². The third-order valence-corrected chi connectivity index (χ3v) is 3.03. The highest BCUT2D eigenvalue weighted by Crippen LogP contribution is 2.22. The van der Waals surface area contributed by atoms with E-state index in [1.54, 1.807) is 19.3 Å². The number of methoxy groups -OCH3 is 1. The molecule has 0 radical (unpaired) electrons. The molecule has 2 rings (SSSR count). The fourth-order valence-corrected chi connectivity index (χ4v) is 1.94. The summed E-state index contributed by atoms with van der Waals surface area (Å²) >= 11 is 0. The summed E-state index contributed by atoms with van der Waals surface area (Å²) < 4.78 is 10.4. The second-order valence-corrected chi connectivity index (χ2v) is 4.54. The van der Waals surface area contributed by atoms with Gasteiger partial charge in [0.25, 0.3) is 0 Å². The smallest absolute Gasteiger partial charge is 0.331 e. The molecule has 2 aromatic rings.